The molecule has 7 heteroatoms. The van der Waals surface area contributed by atoms with E-state index in [4.69, 9.17) is 0 Å². The lowest BCUT2D eigenvalue weighted by atomic mass is 10.2. The largest absolute Gasteiger partial charge is 0.339 e. The maximum Gasteiger partial charge on any atom is 0.236 e. The third-order valence-electron chi connectivity index (χ3n) is 3.55. The van der Waals surface area contributed by atoms with Crippen LogP contribution in [-0.2, 0) is 16.1 Å². The average Bonchev–Trinajstić information content (AvgIpc) is 2.97. The molecule has 116 valence electrons. The Labute approximate surface area is 125 Å². The zero-order valence-corrected chi connectivity index (χ0v) is 12.7. The van der Waals surface area contributed by atoms with Crippen molar-refractivity contribution in [2.45, 2.75) is 13.0 Å². The van der Waals surface area contributed by atoms with E-state index in [1.807, 2.05) is 41.1 Å². The number of piperazine rings is 1. The maximum absolute atomic E-state index is 12.1. The van der Waals surface area contributed by atoms with Crippen molar-refractivity contribution in [1.82, 2.24) is 24.5 Å². The summed E-state index contributed by atoms with van der Waals surface area (Å²) in [4.78, 5) is 29.6. The van der Waals surface area contributed by atoms with Gasteiger partial charge in [-0.1, -0.05) is 0 Å². The van der Waals surface area contributed by atoms with Gasteiger partial charge in [0.25, 0.3) is 0 Å². The molecule has 1 saturated heterocycles. The lowest BCUT2D eigenvalue weighted by Gasteiger charge is -2.35. The molecule has 2 rings (SSSR count). The van der Waals surface area contributed by atoms with Gasteiger partial charge in [0.2, 0.25) is 11.8 Å². The third kappa shape index (κ3) is 4.56. The van der Waals surface area contributed by atoms with E-state index >= 15 is 0 Å². The van der Waals surface area contributed by atoms with Crippen LogP contribution < -0.4 is 0 Å². The van der Waals surface area contributed by atoms with Gasteiger partial charge >= 0.3 is 0 Å². The molecule has 0 bridgehead atoms. The molecule has 1 fully saturated rings. The fourth-order valence-corrected chi connectivity index (χ4v) is 2.38. The van der Waals surface area contributed by atoms with Crippen LogP contribution in [0.2, 0.25) is 0 Å². The van der Waals surface area contributed by atoms with Gasteiger partial charge in [-0.25, -0.2) is 0 Å². The van der Waals surface area contributed by atoms with Crippen molar-refractivity contribution in [2.24, 2.45) is 0 Å². The first-order valence-electron chi connectivity index (χ1n) is 7.24. The molecule has 0 atom stereocenters. The molecule has 21 heavy (non-hydrogen) atoms. The molecule has 1 aliphatic heterocycles. The number of nitrogens with zero attached hydrogens (tertiary/aromatic N) is 5. The Hall–Kier alpha value is -1.89. The highest BCUT2D eigenvalue weighted by atomic mass is 16.2. The SMILES string of the molecule is CN(C)CC(=O)N1CCN(C(=O)CCn2cccn2)CC1. The van der Waals surface area contributed by atoms with Gasteiger partial charge in [0, 0.05) is 51.5 Å². The van der Waals surface area contributed by atoms with Crippen LogP contribution in [0.4, 0.5) is 0 Å². The number of amides is 2. The Morgan fingerprint density at radius 3 is 2.24 bits per heavy atom. The number of carbonyl (C=O) groups excluding carboxylic acids is 2. The minimum atomic E-state index is 0.128. The van der Waals surface area contributed by atoms with Crippen LogP contribution in [0.15, 0.2) is 18.5 Å². The monoisotopic (exact) mass is 293 g/mol. The molecule has 0 aliphatic carbocycles. The molecule has 0 saturated carbocycles. The Morgan fingerprint density at radius 2 is 1.71 bits per heavy atom. The lowest BCUT2D eigenvalue weighted by molar-refractivity contribution is -0.140. The Bertz CT molecular complexity index is 464. The molecule has 0 aromatic carbocycles. The smallest absolute Gasteiger partial charge is 0.236 e. The van der Waals surface area contributed by atoms with Crippen molar-refractivity contribution in [2.75, 3.05) is 46.8 Å². The van der Waals surface area contributed by atoms with E-state index in [1.54, 1.807) is 10.9 Å². The van der Waals surface area contributed by atoms with Crippen LogP contribution >= 0.6 is 0 Å². The highest BCUT2D eigenvalue weighted by molar-refractivity contribution is 5.79. The van der Waals surface area contributed by atoms with Crippen molar-refractivity contribution < 1.29 is 9.59 Å². The van der Waals surface area contributed by atoms with Crippen molar-refractivity contribution in [3.63, 3.8) is 0 Å². The first-order valence-corrected chi connectivity index (χ1v) is 7.24. The highest BCUT2D eigenvalue weighted by Gasteiger charge is 2.23. The van der Waals surface area contributed by atoms with E-state index in [1.165, 1.54) is 0 Å². The fourth-order valence-electron chi connectivity index (χ4n) is 2.38. The van der Waals surface area contributed by atoms with Gasteiger partial charge < -0.3 is 14.7 Å². The van der Waals surface area contributed by atoms with E-state index in [0.717, 1.165) is 0 Å². The second-order valence-electron chi connectivity index (χ2n) is 5.52. The van der Waals surface area contributed by atoms with Gasteiger partial charge in [0.05, 0.1) is 6.54 Å². The quantitative estimate of drug-likeness (QED) is 0.735. The molecule has 0 spiro atoms. The Balaban J connectivity index is 1.73. The van der Waals surface area contributed by atoms with Gasteiger partial charge in [-0.3, -0.25) is 14.3 Å². The van der Waals surface area contributed by atoms with Crippen LogP contribution in [0.3, 0.4) is 0 Å². The lowest BCUT2D eigenvalue weighted by Crippen LogP contribution is -2.52. The highest BCUT2D eigenvalue weighted by Crippen LogP contribution is 2.05. The summed E-state index contributed by atoms with van der Waals surface area (Å²) >= 11 is 0. The van der Waals surface area contributed by atoms with Crippen molar-refractivity contribution >= 4 is 11.8 Å². The average molecular weight is 293 g/mol. The van der Waals surface area contributed by atoms with Gasteiger partial charge in [-0.05, 0) is 20.2 Å². The van der Waals surface area contributed by atoms with Crippen molar-refractivity contribution in [3.8, 4) is 0 Å². The first kappa shape index (κ1) is 15.5. The zero-order valence-electron chi connectivity index (χ0n) is 12.7. The second kappa shape index (κ2) is 7.21. The molecule has 7 nitrogen and oxygen atoms in total. The van der Waals surface area contributed by atoms with E-state index in [9.17, 15) is 9.59 Å². The number of aryl methyl sites for hydroxylation is 1. The molecular weight excluding hydrogens is 270 g/mol. The number of rotatable bonds is 5. The zero-order chi connectivity index (χ0) is 15.2. The van der Waals surface area contributed by atoms with E-state index in [0.29, 0.717) is 45.7 Å². The standard InChI is InChI=1S/C14H23N5O2/c1-16(2)12-14(21)18-10-8-17(9-11-18)13(20)4-7-19-6-3-5-15-19/h3,5-6H,4,7-12H2,1-2H3. The molecule has 2 amide bonds. The van der Waals surface area contributed by atoms with Crippen LogP contribution in [0, 0.1) is 0 Å². The van der Waals surface area contributed by atoms with Crippen LogP contribution in [0.25, 0.3) is 0 Å². The molecular formula is C14H23N5O2. The van der Waals surface area contributed by atoms with Gasteiger partial charge in [0.15, 0.2) is 0 Å². The van der Waals surface area contributed by atoms with E-state index < -0.39 is 0 Å². The predicted molar refractivity (Wildman–Crippen MR) is 78.6 cm³/mol. The molecule has 1 aromatic rings. The minimum Gasteiger partial charge on any atom is -0.339 e. The molecule has 0 N–H and O–H groups in total. The number of carbonyl (C=O) groups is 2. The molecule has 0 radical (unpaired) electrons. The number of hydrogen-bond acceptors (Lipinski definition) is 4. The van der Waals surface area contributed by atoms with Gasteiger partial charge in [-0.2, -0.15) is 5.10 Å². The van der Waals surface area contributed by atoms with E-state index in [2.05, 4.69) is 5.10 Å². The Kier molecular flexibility index (Phi) is 5.32. The molecule has 0 unspecified atom stereocenters. The summed E-state index contributed by atoms with van der Waals surface area (Å²) in [5.74, 6) is 0.258. The number of aromatic nitrogens is 2. The molecule has 1 aromatic heterocycles. The molecule has 1 aliphatic rings. The summed E-state index contributed by atoms with van der Waals surface area (Å²) in [5, 5.41) is 4.08. The number of hydrogen-bond donors (Lipinski definition) is 0. The van der Waals surface area contributed by atoms with Crippen LogP contribution in [-0.4, -0.2) is 83.1 Å². The third-order valence-corrected chi connectivity index (χ3v) is 3.55. The summed E-state index contributed by atoms with van der Waals surface area (Å²) < 4.78 is 1.76. The summed E-state index contributed by atoms with van der Waals surface area (Å²) in [7, 11) is 3.76. The summed E-state index contributed by atoms with van der Waals surface area (Å²) in [6, 6.07) is 1.85. The summed E-state index contributed by atoms with van der Waals surface area (Å²) in [5.41, 5.74) is 0. The van der Waals surface area contributed by atoms with Crippen LogP contribution in [0.1, 0.15) is 6.42 Å². The van der Waals surface area contributed by atoms with Gasteiger partial charge in [-0.15, -0.1) is 0 Å². The summed E-state index contributed by atoms with van der Waals surface area (Å²) in [6.07, 6.45) is 4.01. The number of likely N-dealkylation sites (N-methyl/N-ethyl adjacent to an activating group) is 1. The predicted octanol–water partition coefficient (Wildman–Crippen LogP) is -0.494. The van der Waals surface area contributed by atoms with Crippen molar-refractivity contribution in [1.29, 1.82) is 0 Å². The van der Waals surface area contributed by atoms with E-state index in [-0.39, 0.29) is 11.8 Å². The first-order chi connectivity index (χ1) is 10.1. The van der Waals surface area contributed by atoms with Crippen LogP contribution in [0.5, 0.6) is 0 Å². The van der Waals surface area contributed by atoms with Crippen molar-refractivity contribution in [3.05, 3.63) is 18.5 Å². The van der Waals surface area contributed by atoms with Gasteiger partial charge in [0.1, 0.15) is 0 Å². The summed E-state index contributed by atoms with van der Waals surface area (Å²) in [6.45, 7) is 3.52. The Morgan fingerprint density at radius 1 is 1.10 bits per heavy atom. The minimum absolute atomic E-state index is 0.128. The fraction of sp³-hybridized carbons (Fsp3) is 0.643. The topological polar surface area (TPSA) is 61.7 Å². The second-order valence-corrected chi connectivity index (χ2v) is 5.52. The molecule has 2 heterocycles. The normalized spacial score (nSPS) is 15.6. The maximum atomic E-state index is 12.1.